The maximum absolute atomic E-state index is 13.2. The molecule has 0 saturated carbocycles. The van der Waals surface area contributed by atoms with Gasteiger partial charge in [-0.1, -0.05) is 30.3 Å². The molecule has 3 heterocycles. The fourth-order valence-corrected chi connectivity index (χ4v) is 5.16. The SMILES string of the molecule is O=C(c1ccc2c(ccn2C(=O)CCN2CCOCC2)c1)N1CCC(Cc2ccccc2)CC1. The molecule has 5 rings (SSSR count). The minimum Gasteiger partial charge on any atom is -0.379 e. The molecule has 6 heteroatoms. The zero-order chi connectivity index (χ0) is 23.3. The van der Waals surface area contributed by atoms with Crippen molar-refractivity contribution in [3.63, 3.8) is 0 Å². The van der Waals surface area contributed by atoms with E-state index in [1.165, 1.54) is 5.56 Å². The molecule has 2 fully saturated rings. The molecule has 178 valence electrons. The van der Waals surface area contributed by atoms with Crippen LogP contribution in [-0.4, -0.2) is 72.1 Å². The zero-order valence-corrected chi connectivity index (χ0v) is 19.7. The lowest BCUT2D eigenvalue weighted by molar-refractivity contribution is 0.0364. The molecule has 2 aliphatic heterocycles. The highest BCUT2D eigenvalue weighted by Gasteiger charge is 2.24. The summed E-state index contributed by atoms with van der Waals surface area (Å²) in [4.78, 5) is 30.2. The highest BCUT2D eigenvalue weighted by molar-refractivity contribution is 6.00. The van der Waals surface area contributed by atoms with E-state index in [4.69, 9.17) is 4.74 Å². The third-order valence-corrected chi connectivity index (χ3v) is 7.22. The molecule has 1 aromatic heterocycles. The summed E-state index contributed by atoms with van der Waals surface area (Å²) in [5.74, 6) is 0.805. The number of nitrogens with zero attached hydrogens (tertiary/aromatic N) is 3. The zero-order valence-electron chi connectivity index (χ0n) is 19.7. The van der Waals surface area contributed by atoms with E-state index in [0.717, 1.165) is 76.1 Å². The Bertz CT molecular complexity index is 1130. The summed E-state index contributed by atoms with van der Waals surface area (Å²) in [5, 5.41) is 0.935. The highest BCUT2D eigenvalue weighted by atomic mass is 16.5. The van der Waals surface area contributed by atoms with Crippen molar-refractivity contribution in [1.82, 2.24) is 14.4 Å². The number of hydrogen-bond acceptors (Lipinski definition) is 4. The number of piperidine rings is 1. The summed E-state index contributed by atoms with van der Waals surface area (Å²) in [5.41, 5.74) is 2.94. The Morgan fingerprint density at radius 1 is 0.912 bits per heavy atom. The first-order valence-electron chi connectivity index (χ1n) is 12.4. The van der Waals surface area contributed by atoms with Gasteiger partial charge in [-0.25, -0.2) is 0 Å². The first-order chi connectivity index (χ1) is 16.7. The second kappa shape index (κ2) is 10.5. The van der Waals surface area contributed by atoms with Gasteiger partial charge >= 0.3 is 0 Å². The molecule has 0 atom stereocenters. The van der Waals surface area contributed by atoms with Crippen LogP contribution < -0.4 is 0 Å². The Kier molecular flexibility index (Phi) is 7.07. The molecule has 34 heavy (non-hydrogen) atoms. The van der Waals surface area contributed by atoms with Gasteiger partial charge < -0.3 is 9.64 Å². The Hall–Kier alpha value is -2.96. The minimum atomic E-state index is 0.0843. The Morgan fingerprint density at radius 2 is 1.68 bits per heavy atom. The number of likely N-dealkylation sites (tertiary alicyclic amines) is 1. The van der Waals surface area contributed by atoms with Gasteiger partial charge in [-0.2, -0.15) is 0 Å². The summed E-state index contributed by atoms with van der Waals surface area (Å²) in [6, 6.07) is 18.3. The van der Waals surface area contributed by atoms with Crippen LogP contribution in [0.5, 0.6) is 0 Å². The average molecular weight is 460 g/mol. The summed E-state index contributed by atoms with van der Waals surface area (Å²) < 4.78 is 7.10. The van der Waals surface area contributed by atoms with Gasteiger partial charge in [-0.05, 0) is 55.0 Å². The van der Waals surface area contributed by atoms with Crippen molar-refractivity contribution in [2.45, 2.75) is 25.7 Å². The van der Waals surface area contributed by atoms with Crippen LogP contribution in [0.4, 0.5) is 0 Å². The minimum absolute atomic E-state index is 0.0843. The van der Waals surface area contributed by atoms with E-state index in [1.54, 1.807) is 4.57 Å². The number of amides is 1. The van der Waals surface area contributed by atoms with Gasteiger partial charge in [0.1, 0.15) is 0 Å². The van der Waals surface area contributed by atoms with Crippen LogP contribution in [0.15, 0.2) is 60.8 Å². The third kappa shape index (κ3) is 5.24. The Labute approximate surface area is 201 Å². The van der Waals surface area contributed by atoms with E-state index in [1.807, 2.05) is 35.4 Å². The summed E-state index contributed by atoms with van der Waals surface area (Å²) in [6.07, 6.45) is 5.47. The summed E-state index contributed by atoms with van der Waals surface area (Å²) in [6.45, 7) is 5.59. The van der Waals surface area contributed by atoms with Crippen molar-refractivity contribution in [2.75, 3.05) is 45.9 Å². The molecule has 1 amide bonds. The van der Waals surface area contributed by atoms with E-state index in [-0.39, 0.29) is 11.8 Å². The smallest absolute Gasteiger partial charge is 0.253 e. The normalized spacial score (nSPS) is 17.8. The van der Waals surface area contributed by atoms with Crippen molar-refractivity contribution < 1.29 is 14.3 Å². The van der Waals surface area contributed by atoms with Crippen molar-refractivity contribution in [2.24, 2.45) is 5.92 Å². The van der Waals surface area contributed by atoms with Gasteiger partial charge in [0.25, 0.3) is 5.91 Å². The number of carbonyl (C=O) groups excluding carboxylic acids is 2. The average Bonchev–Trinajstić information content (AvgIpc) is 3.32. The van der Waals surface area contributed by atoms with E-state index >= 15 is 0 Å². The quantitative estimate of drug-likeness (QED) is 0.557. The molecule has 0 radical (unpaired) electrons. The van der Waals surface area contributed by atoms with E-state index < -0.39 is 0 Å². The molecular formula is C28H33N3O3. The Morgan fingerprint density at radius 3 is 2.44 bits per heavy atom. The van der Waals surface area contributed by atoms with Gasteiger partial charge in [0.2, 0.25) is 5.91 Å². The van der Waals surface area contributed by atoms with E-state index in [0.29, 0.717) is 17.9 Å². The molecule has 0 aliphatic carbocycles. The van der Waals surface area contributed by atoms with Crippen LogP contribution in [0.25, 0.3) is 10.9 Å². The lowest BCUT2D eigenvalue weighted by Crippen LogP contribution is -2.38. The van der Waals surface area contributed by atoms with E-state index in [2.05, 4.69) is 35.2 Å². The lowest BCUT2D eigenvalue weighted by atomic mass is 9.90. The maximum Gasteiger partial charge on any atom is 0.253 e. The van der Waals surface area contributed by atoms with Crippen molar-refractivity contribution in [1.29, 1.82) is 0 Å². The molecule has 0 unspecified atom stereocenters. The first kappa shape index (κ1) is 22.8. The van der Waals surface area contributed by atoms with Crippen LogP contribution in [-0.2, 0) is 11.2 Å². The maximum atomic E-state index is 13.2. The molecule has 3 aromatic rings. The molecule has 0 N–H and O–H groups in total. The first-order valence-corrected chi connectivity index (χ1v) is 12.4. The van der Waals surface area contributed by atoms with Gasteiger partial charge in [0.05, 0.1) is 18.7 Å². The molecule has 2 aromatic carbocycles. The van der Waals surface area contributed by atoms with Crippen LogP contribution in [0.2, 0.25) is 0 Å². The second-order valence-corrected chi connectivity index (χ2v) is 9.48. The standard InChI is InChI=1S/C28H33N3O3/c32-27(11-12-29-16-18-34-19-17-29)31-15-10-24-21-25(6-7-26(24)31)28(33)30-13-8-23(9-14-30)20-22-4-2-1-3-5-22/h1-7,10,15,21,23H,8-9,11-14,16-20H2. The monoisotopic (exact) mass is 459 g/mol. The number of ether oxygens (including phenoxy) is 1. The molecule has 0 bridgehead atoms. The summed E-state index contributed by atoms with van der Waals surface area (Å²) >= 11 is 0. The Balaban J connectivity index is 1.18. The van der Waals surface area contributed by atoms with Crippen molar-refractivity contribution >= 4 is 22.7 Å². The highest BCUT2D eigenvalue weighted by Crippen LogP contribution is 2.24. The van der Waals surface area contributed by atoms with E-state index in [9.17, 15) is 9.59 Å². The fourth-order valence-electron chi connectivity index (χ4n) is 5.16. The lowest BCUT2D eigenvalue weighted by Gasteiger charge is -2.32. The molecular weight excluding hydrogens is 426 g/mol. The van der Waals surface area contributed by atoms with Gasteiger partial charge in [-0.15, -0.1) is 0 Å². The fraction of sp³-hybridized carbons (Fsp3) is 0.429. The van der Waals surface area contributed by atoms with Crippen LogP contribution >= 0.6 is 0 Å². The molecule has 6 nitrogen and oxygen atoms in total. The number of rotatable bonds is 6. The number of benzene rings is 2. The van der Waals surface area contributed by atoms with Crippen molar-refractivity contribution in [3.05, 3.63) is 71.9 Å². The van der Waals surface area contributed by atoms with Gasteiger partial charge in [0.15, 0.2) is 0 Å². The largest absolute Gasteiger partial charge is 0.379 e. The number of aromatic nitrogens is 1. The number of carbonyl (C=O) groups is 2. The van der Waals surface area contributed by atoms with Crippen molar-refractivity contribution in [3.8, 4) is 0 Å². The molecule has 2 saturated heterocycles. The number of morpholine rings is 1. The predicted octanol–water partition coefficient (Wildman–Crippen LogP) is 4.10. The van der Waals surface area contributed by atoms with Gasteiger partial charge in [-0.3, -0.25) is 19.1 Å². The topological polar surface area (TPSA) is 54.8 Å². The van der Waals surface area contributed by atoms with Crippen LogP contribution in [0, 0.1) is 5.92 Å². The predicted molar refractivity (Wildman–Crippen MR) is 133 cm³/mol. The third-order valence-electron chi connectivity index (χ3n) is 7.22. The van der Waals surface area contributed by atoms with Crippen LogP contribution in [0.1, 0.15) is 40.0 Å². The van der Waals surface area contributed by atoms with Crippen LogP contribution in [0.3, 0.4) is 0 Å². The number of fused-ring (bicyclic) bond motifs is 1. The van der Waals surface area contributed by atoms with Gasteiger partial charge in [0, 0.05) is 56.3 Å². The molecule has 0 spiro atoms. The molecule has 2 aliphatic rings. The number of hydrogen-bond donors (Lipinski definition) is 0. The second-order valence-electron chi connectivity index (χ2n) is 9.48. The summed E-state index contributed by atoms with van der Waals surface area (Å²) in [7, 11) is 0.